The highest BCUT2D eigenvalue weighted by molar-refractivity contribution is 5.97. The van der Waals surface area contributed by atoms with Crippen molar-refractivity contribution in [3.05, 3.63) is 64.5 Å². The van der Waals surface area contributed by atoms with Gasteiger partial charge < -0.3 is 19.9 Å². The summed E-state index contributed by atoms with van der Waals surface area (Å²) >= 11 is 0. The van der Waals surface area contributed by atoms with Crippen LogP contribution in [0, 0.1) is 29.0 Å². The Morgan fingerprint density at radius 3 is 2.55 bits per heavy atom. The third kappa shape index (κ3) is 5.59. The first-order valence-corrected chi connectivity index (χ1v) is 16.1. The molecule has 236 valence electrons. The summed E-state index contributed by atoms with van der Waals surface area (Å²) in [7, 11) is 3.59. The Labute approximate surface area is 260 Å². The summed E-state index contributed by atoms with van der Waals surface area (Å²) in [6.45, 7) is 13.8. The van der Waals surface area contributed by atoms with Crippen LogP contribution in [0.3, 0.4) is 0 Å². The second kappa shape index (κ2) is 11.8. The summed E-state index contributed by atoms with van der Waals surface area (Å²) in [6.07, 6.45) is 4.42. The maximum atomic E-state index is 14.5. The number of benzene rings is 2. The fourth-order valence-electron chi connectivity index (χ4n) is 8.04. The minimum atomic E-state index is -0.340. The lowest BCUT2D eigenvalue weighted by molar-refractivity contribution is -0.108. The lowest BCUT2D eigenvalue weighted by atomic mass is 9.45. The van der Waals surface area contributed by atoms with Crippen molar-refractivity contribution >= 4 is 22.5 Å². The molecule has 1 N–H and O–H groups in total. The van der Waals surface area contributed by atoms with Crippen LogP contribution in [0.5, 0.6) is 5.75 Å². The maximum absolute atomic E-state index is 14.5. The van der Waals surface area contributed by atoms with E-state index in [1.807, 2.05) is 18.2 Å². The highest BCUT2D eigenvalue weighted by atomic mass is 19.1. The van der Waals surface area contributed by atoms with Crippen LogP contribution >= 0.6 is 0 Å². The smallest absolute Gasteiger partial charge is 0.261 e. The number of halogens is 1. The van der Waals surface area contributed by atoms with Crippen LogP contribution in [-0.4, -0.2) is 65.8 Å². The number of hydrogen-bond donors (Lipinski definition) is 1. The van der Waals surface area contributed by atoms with Gasteiger partial charge in [0.05, 0.1) is 30.4 Å². The molecule has 0 radical (unpaired) electrons. The summed E-state index contributed by atoms with van der Waals surface area (Å²) in [5, 5.41) is 4.20. The monoisotopic (exact) mass is 602 g/mol. The van der Waals surface area contributed by atoms with Gasteiger partial charge in [-0.05, 0) is 86.1 Å². The van der Waals surface area contributed by atoms with Gasteiger partial charge in [0.15, 0.2) is 0 Å². The third-order valence-electron chi connectivity index (χ3n) is 10.8. The van der Waals surface area contributed by atoms with Crippen molar-refractivity contribution in [1.82, 2.24) is 19.8 Å². The number of piperazine rings is 1. The van der Waals surface area contributed by atoms with Crippen LogP contribution in [0.2, 0.25) is 0 Å². The molecule has 9 heteroatoms. The number of hydrogen-bond acceptors (Lipinski definition) is 5. The highest BCUT2D eigenvalue weighted by Gasteiger charge is 2.56. The van der Waals surface area contributed by atoms with Gasteiger partial charge in [-0.3, -0.25) is 9.36 Å². The molecule has 2 aromatic carbocycles. The van der Waals surface area contributed by atoms with Crippen molar-refractivity contribution in [2.45, 2.75) is 78.6 Å². The lowest BCUT2D eigenvalue weighted by Crippen LogP contribution is -2.60. The van der Waals surface area contributed by atoms with E-state index in [0.29, 0.717) is 64.6 Å². The predicted molar refractivity (Wildman–Crippen MR) is 175 cm³/mol. The molecule has 0 amide bonds. The molecule has 0 unspecified atom stereocenters. The van der Waals surface area contributed by atoms with Crippen LogP contribution in [0.1, 0.15) is 53.0 Å². The van der Waals surface area contributed by atoms with Crippen molar-refractivity contribution in [3.63, 3.8) is 0 Å². The molecule has 2 heterocycles. The van der Waals surface area contributed by atoms with Crippen LogP contribution in [0.4, 0.5) is 10.1 Å². The number of guanidine groups is 1. The van der Waals surface area contributed by atoms with Crippen molar-refractivity contribution in [3.8, 4) is 5.75 Å². The number of ether oxygens (including phenoxy) is 1. The quantitative estimate of drug-likeness (QED) is 0.304. The molecule has 1 aliphatic heterocycles. The number of methoxy groups -OCH3 is 1. The average molecular weight is 603 g/mol. The van der Waals surface area contributed by atoms with Gasteiger partial charge in [0.1, 0.15) is 11.6 Å². The number of nitrogens with zero attached hydrogens (tertiary/aromatic N) is 5. The number of aromatic nitrogens is 2. The van der Waals surface area contributed by atoms with E-state index >= 15 is 0 Å². The van der Waals surface area contributed by atoms with Gasteiger partial charge in [-0.2, -0.15) is 0 Å². The summed E-state index contributed by atoms with van der Waals surface area (Å²) in [4.78, 5) is 28.2. The zero-order valence-electron chi connectivity index (χ0n) is 27.2. The predicted octanol–water partition coefficient (Wildman–Crippen LogP) is 5.33. The Hall–Kier alpha value is -3.46. The molecule has 4 fully saturated rings. The molecule has 4 aliphatic rings. The second-order valence-corrected chi connectivity index (χ2v) is 14.0. The number of aryl methyl sites for hydroxylation is 2. The molecule has 3 aliphatic carbocycles. The normalized spacial score (nSPS) is 28.1. The van der Waals surface area contributed by atoms with Gasteiger partial charge in [0, 0.05) is 50.5 Å². The molecular formula is C35H47FN6O2. The van der Waals surface area contributed by atoms with Crippen LogP contribution in [-0.2, 0) is 13.0 Å². The van der Waals surface area contributed by atoms with Gasteiger partial charge in [-0.1, -0.05) is 26.8 Å². The van der Waals surface area contributed by atoms with Crippen LogP contribution < -0.4 is 20.5 Å². The van der Waals surface area contributed by atoms with E-state index in [2.05, 4.69) is 61.8 Å². The van der Waals surface area contributed by atoms with Crippen LogP contribution in [0.25, 0.3) is 10.9 Å². The van der Waals surface area contributed by atoms with E-state index in [-0.39, 0.29) is 11.4 Å². The first kappa shape index (κ1) is 30.6. The summed E-state index contributed by atoms with van der Waals surface area (Å²) < 4.78 is 21.1. The maximum Gasteiger partial charge on any atom is 0.261 e. The molecule has 0 spiro atoms. The summed E-state index contributed by atoms with van der Waals surface area (Å²) in [5.41, 5.74) is 2.41. The zero-order valence-corrected chi connectivity index (χ0v) is 27.2. The average Bonchev–Trinajstić information content (AvgIpc) is 2.99. The van der Waals surface area contributed by atoms with Gasteiger partial charge >= 0.3 is 0 Å². The van der Waals surface area contributed by atoms with Gasteiger partial charge in [-0.15, -0.1) is 0 Å². The minimum Gasteiger partial charge on any atom is -0.497 e. The molecule has 44 heavy (non-hydrogen) atoms. The van der Waals surface area contributed by atoms with Gasteiger partial charge in [0.25, 0.3) is 5.56 Å². The molecule has 3 saturated carbocycles. The van der Waals surface area contributed by atoms with E-state index in [4.69, 9.17) is 9.73 Å². The van der Waals surface area contributed by atoms with Crippen molar-refractivity contribution in [1.29, 1.82) is 0 Å². The van der Waals surface area contributed by atoms with E-state index in [1.54, 1.807) is 23.0 Å². The van der Waals surface area contributed by atoms with E-state index in [0.717, 1.165) is 43.0 Å². The Balaban J connectivity index is 1.27. The SMILES string of the molecule is COc1ccc(CCn2cnc3cc(N(C)C(=N[C@H]4C[C@@H]5C[C@H]([C@@H]4C)C5(C)C)N4C[C@H](C)N[C@@H](C)C4)ccc3c2=O)c(F)c1. The number of rotatable bonds is 6. The van der Waals surface area contributed by atoms with Crippen molar-refractivity contribution in [2.24, 2.45) is 28.2 Å². The first-order valence-electron chi connectivity index (χ1n) is 16.1. The molecule has 3 aromatic rings. The van der Waals surface area contributed by atoms with Crippen LogP contribution in [0.15, 0.2) is 52.5 Å². The largest absolute Gasteiger partial charge is 0.497 e. The topological polar surface area (TPSA) is 75.0 Å². The summed E-state index contributed by atoms with van der Waals surface area (Å²) in [5.74, 6) is 3.12. The van der Waals surface area contributed by atoms with E-state index in [9.17, 15) is 9.18 Å². The molecule has 2 bridgehead atoms. The molecule has 8 nitrogen and oxygen atoms in total. The Morgan fingerprint density at radius 2 is 1.89 bits per heavy atom. The second-order valence-electron chi connectivity index (χ2n) is 14.0. The first-order chi connectivity index (χ1) is 21.0. The minimum absolute atomic E-state index is 0.130. The Kier molecular flexibility index (Phi) is 8.20. The third-order valence-corrected chi connectivity index (χ3v) is 10.8. The lowest BCUT2D eigenvalue weighted by Gasteiger charge is -2.61. The number of anilines is 1. The highest BCUT2D eigenvalue weighted by Crippen LogP contribution is 2.61. The van der Waals surface area contributed by atoms with Gasteiger partial charge in [0.2, 0.25) is 5.96 Å². The molecule has 1 saturated heterocycles. The molecule has 1 aromatic heterocycles. The van der Waals surface area contributed by atoms with E-state index < -0.39 is 0 Å². The molecular weight excluding hydrogens is 555 g/mol. The molecule has 7 rings (SSSR count). The standard InChI is InChI=1S/C35H47FN6O2/c1-21-18-42(19-22(2)38-21)34(39-31-15-25-14-29(23(31)3)35(25,4)5)40(6)26-9-11-28-32(16-26)37-20-41(33(28)43)13-12-24-8-10-27(44-7)17-30(24)36/h8-11,16-17,20-23,25,29,31,38H,12-15,18-19H2,1-7H3/t21-,22-,23-,25-,29+,31-/m0/s1. The summed E-state index contributed by atoms with van der Waals surface area (Å²) in [6, 6.07) is 11.7. The van der Waals surface area contributed by atoms with Gasteiger partial charge in [-0.25, -0.2) is 14.4 Å². The Morgan fingerprint density at radius 1 is 1.14 bits per heavy atom. The van der Waals surface area contributed by atoms with E-state index in [1.165, 1.54) is 19.6 Å². The zero-order chi connectivity index (χ0) is 31.3. The van der Waals surface area contributed by atoms with Crippen molar-refractivity contribution in [2.75, 3.05) is 32.1 Å². The number of fused-ring (bicyclic) bond motifs is 3. The fraction of sp³-hybridized carbons (Fsp3) is 0.571. The fourth-order valence-corrected chi connectivity index (χ4v) is 8.04. The Bertz CT molecular complexity index is 1610. The van der Waals surface area contributed by atoms with Crippen molar-refractivity contribution < 1.29 is 9.13 Å². The number of nitrogens with one attached hydrogen (secondary N) is 1. The molecule has 6 atom stereocenters. The number of aliphatic imine (C=N–C) groups is 1.